The standard InChI is InChI=1S/C14H18N2O4/c1-8-4-2-3-5-10(8)15-16-14(20)9-6-11(17)13(19)12(18)7-9/h6-8,17-19H,2-5H2,1H3,(H,16,20). The summed E-state index contributed by atoms with van der Waals surface area (Å²) in [6.07, 6.45) is 4.18. The number of hydrazone groups is 1. The second-order valence-electron chi connectivity index (χ2n) is 5.05. The van der Waals surface area contributed by atoms with Gasteiger partial charge in [-0.1, -0.05) is 13.3 Å². The number of nitrogens with zero attached hydrogens (tertiary/aromatic N) is 1. The van der Waals surface area contributed by atoms with Crippen LogP contribution in [-0.4, -0.2) is 26.9 Å². The summed E-state index contributed by atoms with van der Waals surface area (Å²) in [5.41, 5.74) is 3.41. The average Bonchev–Trinajstić information content (AvgIpc) is 2.43. The Morgan fingerprint density at radius 1 is 1.25 bits per heavy atom. The molecule has 0 saturated heterocycles. The van der Waals surface area contributed by atoms with E-state index in [4.69, 9.17) is 0 Å². The molecule has 0 aromatic heterocycles. The summed E-state index contributed by atoms with van der Waals surface area (Å²) in [7, 11) is 0. The smallest absolute Gasteiger partial charge is 0.271 e. The molecule has 0 spiro atoms. The lowest BCUT2D eigenvalue weighted by Gasteiger charge is -2.19. The lowest BCUT2D eigenvalue weighted by molar-refractivity contribution is 0.0953. The van der Waals surface area contributed by atoms with E-state index < -0.39 is 23.2 Å². The molecule has 20 heavy (non-hydrogen) atoms. The Hall–Kier alpha value is -2.24. The monoisotopic (exact) mass is 278 g/mol. The van der Waals surface area contributed by atoms with E-state index >= 15 is 0 Å². The third-order valence-electron chi connectivity index (χ3n) is 3.52. The minimum atomic E-state index is -0.645. The molecule has 4 N–H and O–H groups in total. The van der Waals surface area contributed by atoms with E-state index in [-0.39, 0.29) is 5.56 Å². The molecule has 1 unspecified atom stereocenters. The van der Waals surface area contributed by atoms with Gasteiger partial charge in [-0.25, -0.2) is 5.43 Å². The van der Waals surface area contributed by atoms with Crippen molar-refractivity contribution in [3.05, 3.63) is 17.7 Å². The van der Waals surface area contributed by atoms with Gasteiger partial charge >= 0.3 is 0 Å². The molecule has 108 valence electrons. The maximum Gasteiger partial charge on any atom is 0.271 e. The number of carbonyl (C=O) groups is 1. The van der Waals surface area contributed by atoms with E-state index in [1.54, 1.807) is 0 Å². The Morgan fingerprint density at radius 3 is 2.50 bits per heavy atom. The number of rotatable bonds is 2. The van der Waals surface area contributed by atoms with E-state index in [2.05, 4.69) is 17.5 Å². The van der Waals surface area contributed by atoms with Crippen LogP contribution in [0.25, 0.3) is 0 Å². The molecular weight excluding hydrogens is 260 g/mol. The van der Waals surface area contributed by atoms with Gasteiger partial charge in [0.1, 0.15) is 0 Å². The van der Waals surface area contributed by atoms with Crippen LogP contribution in [0.4, 0.5) is 0 Å². The third kappa shape index (κ3) is 3.01. The van der Waals surface area contributed by atoms with Crippen molar-refractivity contribution in [2.45, 2.75) is 32.6 Å². The number of aromatic hydroxyl groups is 3. The van der Waals surface area contributed by atoms with Crippen molar-refractivity contribution in [3.8, 4) is 17.2 Å². The highest BCUT2D eigenvalue weighted by atomic mass is 16.3. The Labute approximate surface area is 116 Å². The van der Waals surface area contributed by atoms with Crippen LogP contribution in [0.15, 0.2) is 17.2 Å². The number of carbonyl (C=O) groups excluding carboxylic acids is 1. The van der Waals surface area contributed by atoms with Gasteiger partial charge in [-0.15, -0.1) is 0 Å². The first-order valence-electron chi connectivity index (χ1n) is 6.60. The molecule has 1 saturated carbocycles. The van der Waals surface area contributed by atoms with Crippen LogP contribution >= 0.6 is 0 Å². The molecule has 6 heteroatoms. The van der Waals surface area contributed by atoms with Crippen LogP contribution in [0.1, 0.15) is 43.0 Å². The highest BCUT2D eigenvalue weighted by Gasteiger charge is 2.17. The summed E-state index contributed by atoms with van der Waals surface area (Å²) in [6.45, 7) is 2.07. The topological polar surface area (TPSA) is 102 Å². The van der Waals surface area contributed by atoms with Gasteiger partial charge in [0.2, 0.25) is 0 Å². The lowest BCUT2D eigenvalue weighted by Crippen LogP contribution is -2.24. The summed E-state index contributed by atoms with van der Waals surface area (Å²) < 4.78 is 0. The van der Waals surface area contributed by atoms with Gasteiger partial charge in [0.25, 0.3) is 5.91 Å². The number of nitrogens with one attached hydrogen (secondary N) is 1. The molecule has 1 aromatic carbocycles. The number of amides is 1. The summed E-state index contributed by atoms with van der Waals surface area (Å²) in [5, 5.41) is 32.1. The number of benzene rings is 1. The fourth-order valence-corrected chi connectivity index (χ4v) is 2.26. The molecule has 6 nitrogen and oxygen atoms in total. The summed E-state index contributed by atoms with van der Waals surface area (Å²) in [4.78, 5) is 11.9. The molecule has 1 fully saturated rings. The number of phenolic OH excluding ortho intramolecular Hbond substituents is 3. The highest BCUT2D eigenvalue weighted by molar-refractivity contribution is 5.97. The molecule has 0 radical (unpaired) electrons. The van der Waals surface area contributed by atoms with E-state index in [0.29, 0.717) is 5.92 Å². The lowest BCUT2D eigenvalue weighted by atomic mass is 9.89. The summed E-state index contributed by atoms with van der Waals surface area (Å²) in [6, 6.07) is 2.16. The van der Waals surface area contributed by atoms with E-state index in [9.17, 15) is 20.1 Å². The molecule has 1 aliphatic carbocycles. The Balaban J connectivity index is 2.10. The van der Waals surface area contributed by atoms with Gasteiger partial charge in [-0.3, -0.25) is 4.79 Å². The van der Waals surface area contributed by atoms with Crippen LogP contribution in [-0.2, 0) is 0 Å². The Morgan fingerprint density at radius 2 is 1.90 bits per heavy atom. The van der Waals surface area contributed by atoms with Crippen LogP contribution in [0.5, 0.6) is 17.2 Å². The quantitative estimate of drug-likeness (QED) is 0.491. The maximum atomic E-state index is 11.9. The number of phenols is 3. The maximum absolute atomic E-state index is 11.9. The minimum absolute atomic E-state index is 0.0330. The predicted octanol–water partition coefficient (Wildman–Crippen LogP) is 2.10. The van der Waals surface area contributed by atoms with Crippen molar-refractivity contribution < 1.29 is 20.1 Å². The number of hydrogen-bond acceptors (Lipinski definition) is 5. The molecule has 1 aromatic rings. The molecule has 0 aliphatic heterocycles. The van der Waals surface area contributed by atoms with Crippen molar-refractivity contribution in [3.63, 3.8) is 0 Å². The molecule has 1 amide bonds. The summed E-state index contributed by atoms with van der Waals surface area (Å²) in [5.74, 6) is -1.93. The third-order valence-corrected chi connectivity index (χ3v) is 3.52. The average molecular weight is 278 g/mol. The second kappa shape index (κ2) is 5.81. The normalized spacial score (nSPS) is 20.9. The molecular formula is C14H18N2O4. The van der Waals surface area contributed by atoms with Gasteiger partial charge in [-0.2, -0.15) is 5.10 Å². The second-order valence-corrected chi connectivity index (χ2v) is 5.05. The number of hydrogen-bond donors (Lipinski definition) is 4. The zero-order valence-corrected chi connectivity index (χ0v) is 11.3. The van der Waals surface area contributed by atoms with E-state index in [1.807, 2.05) is 0 Å². The molecule has 0 heterocycles. The van der Waals surface area contributed by atoms with Crippen LogP contribution in [0.2, 0.25) is 0 Å². The Kier molecular flexibility index (Phi) is 4.12. The summed E-state index contributed by atoms with van der Waals surface area (Å²) >= 11 is 0. The van der Waals surface area contributed by atoms with E-state index in [0.717, 1.165) is 37.1 Å². The van der Waals surface area contributed by atoms with Crippen molar-refractivity contribution in [2.24, 2.45) is 11.0 Å². The zero-order valence-electron chi connectivity index (χ0n) is 11.3. The minimum Gasteiger partial charge on any atom is -0.504 e. The van der Waals surface area contributed by atoms with Crippen LogP contribution < -0.4 is 5.43 Å². The van der Waals surface area contributed by atoms with Crippen LogP contribution in [0.3, 0.4) is 0 Å². The molecule has 1 atom stereocenters. The highest BCUT2D eigenvalue weighted by Crippen LogP contribution is 2.35. The fraction of sp³-hybridized carbons (Fsp3) is 0.429. The van der Waals surface area contributed by atoms with E-state index in [1.165, 1.54) is 6.42 Å². The molecule has 0 bridgehead atoms. The largest absolute Gasteiger partial charge is 0.504 e. The van der Waals surface area contributed by atoms with Gasteiger partial charge in [-0.05, 0) is 37.3 Å². The first kappa shape index (κ1) is 14.2. The van der Waals surface area contributed by atoms with Gasteiger partial charge in [0.15, 0.2) is 17.2 Å². The van der Waals surface area contributed by atoms with Crippen molar-refractivity contribution in [1.82, 2.24) is 5.43 Å². The molecule has 1 aliphatic rings. The van der Waals surface area contributed by atoms with Crippen molar-refractivity contribution >= 4 is 11.6 Å². The first-order valence-corrected chi connectivity index (χ1v) is 6.60. The first-order chi connectivity index (χ1) is 9.49. The molecule has 2 rings (SSSR count). The zero-order chi connectivity index (χ0) is 14.7. The van der Waals surface area contributed by atoms with Gasteiger partial charge in [0.05, 0.1) is 0 Å². The predicted molar refractivity (Wildman–Crippen MR) is 74.0 cm³/mol. The van der Waals surface area contributed by atoms with Crippen LogP contribution in [0, 0.1) is 5.92 Å². The Bertz CT molecular complexity index is 531. The fourth-order valence-electron chi connectivity index (χ4n) is 2.26. The van der Waals surface area contributed by atoms with Crippen molar-refractivity contribution in [1.29, 1.82) is 0 Å². The SMILES string of the molecule is CC1CCCCC1=NNC(=O)c1cc(O)c(O)c(O)c1. The van der Waals surface area contributed by atoms with Gasteiger partial charge < -0.3 is 15.3 Å². The van der Waals surface area contributed by atoms with Gasteiger partial charge in [0, 0.05) is 11.3 Å². The van der Waals surface area contributed by atoms with Crippen molar-refractivity contribution in [2.75, 3.05) is 0 Å².